The monoisotopic (exact) mass is 250 g/mol. The van der Waals surface area contributed by atoms with Gasteiger partial charge in [-0.1, -0.05) is 13.8 Å². The molecule has 1 rings (SSSR count). The second-order valence-electron chi connectivity index (χ2n) is 5.30. The number of anilines is 2. The van der Waals surface area contributed by atoms with E-state index in [0.29, 0.717) is 12.0 Å². The average Bonchev–Trinajstić information content (AvgIpc) is 2.23. The lowest BCUT2D eigenvalue weighted by Crippen LogP contribution is -2.20. The SMILES string of the molecule is CCNc1nc(C)nc(NC(C)CC(C)C)c1C. The Morgan fingerprint density at radius 1 is 1.06 bits per heavy atom. The Labute approximate surface area is 111 Å². The van der Waals surface area contributed by atoms with Crippen LogP contribution < -0.4 is 10.6 Å². The van der Waals surface area contributed by atoms with Gasteiger partial charge in [-0.3, -0.25) is 0 Å². The van der Waals surface area contributed by atoms with E-state index < -0.39 is 0 Å². The Kier molecular flexibility index (Phi) is 5.38. The Bertz CT molecular complexity index is 388. The first-order valence-corrected chi connectivity index (χ1v) is 6.79. The molecule has 1 heterocycles. The third kappa shape index (κ3) is 4.17. The largest absolute Gasteiger partial charge is 0.370 e. The maximum Gasteiger partial charge on any atom is 0.134 e. The maximum absolute atomic E-state index is 4.50. The van der Waals surface area contributed by atoms with Gasteiger partial charge in [-0.25, -0.2) is 9.97 Å². The van der Waals surface area contributed by atoms with Gasteiger partial charge in [0.15, 0.2) is 0 Å². The van der Waals surface area contributed by atoms with E-state index in [2.05, 4.69) is 55.2 Å². The zero-order valence-electron chi connectivity index (χ0n) is 12.5. The molecule has 1 atom stereocenters. The normalized spacial score (nSPS) is 12.6. The quantitative estimate of drug-likeness (QED) is 0.812. The summed E-state index contributed by atoms with van der Waals surface area (Å²) in [4.78, 5) is 8.93. The third-order valence-corrected chi connectivity index (χ3v) is 2.81. The zero-order chi connectivity index (χ0) is 13.7. The number of nitrogens with one attached hydrogen (secondary N) is 2. The second-order valence-corrected chi connectivity index (χ2v) is 5.30. The lowest BCUT2D eigenvalue weighted by molar-refractivity contribution is 0.538. The smallest absolute Gasteiger partial charge is 0.134 e. The molecule has 0 aliphatic rings. The summed E-state index contributed by atoms with van der Waals surface area (Å²) in [6.07, 6.45) is 1.14. The Balaban J connectivity index is 2.87. The van der Waals surface area contributed by atoms with Crippen LogP contribution in [-0.4, -0.2) is 22.6 Å². The van der Waals surface area contributed by atoms with E-state index in [1.165, 1.54) is 0 Å². The molecule has 1 unspecified atom stereocenters. The molecule has 0 radical (unpaired) electrons. The van der Waals surface area contributed by atoms with Gasteiger partial charge in [0.25, 0.3) is 0 Å². The van der Waals surface area contributed by atoms with E-state index in [0.717, 1.165) is 36.0 Å². The molecule has 0 fully saturated rings. The van der Waals surface area contributed by atoms with Crippen LogP contribution in [0, 0.1) is 19.8 Å². The van der Waals surface area contributed by atoms with Gasteiger partial charge in [-0.15, -0.1) is 0 Å². The number of rotatable bonds is 6. The molecule has 0 bridgehead atoms. The van der Waals surface area contributed by atoms with Crippen LogP contribution in [0.4, 0.5) is 11.6 Å². The molecule has 102 valence electrons. The fourth-order valence-electron chi connectivity index (χ4n) is 2.11. The van der Waals surface area contributed by atoms with Crippen LogP contribution >= 0.6 is 0 Å². The van der Waals surface area contributed by atoms with Crippen molar-refractivity contribution >= 4 is 11.6 Å². The maximum atomic E-state index is 4.50. The molecule has 2 N–H and O–H groups in total. The molecular weight excluding hydrogens is 224 g/mol. The minimum Gasteiger partial charge on any atom is -0.370 e. The summed E-state index contributed by atoms with van der Waals surface area (Å²) in [5.41, 5.74) is 1.10. The Morgan fingerprint density at radius 3 is 2.22 bits per heavy atom. The van der Waals surface area contributed by atoms with Crippen LogP contribution in [-0.2, 0) is 0 Å². The number of hydrogen-bond donors (Lipinski definition) is 2. The van der Waals surface area contributed by atoms with Crippen molar-refractivity contribution in [2.24, 2.45) is 5.92 Å². The van der Waals surface area contributed by atoms with Crippen LogP contribution in [0.3, 0.4) is 0 Å². The highest BCUT2D eigenvalue weighted by Gasteiger charge is 2.11. The molecule has 1 aromatic rings. The highest BCUT2D eigenvalue weighted by atomic mass is 15.1. The molecule has 0 aliphatic carbocycles. The minimum atomic E-state index is 0.424. The molecule has 0 amide bonds. The van der Waals surface area contributed by atoms with Crippen LogP contribution in [0.25, 0.3) is 0 Å². The molecule has 0 spiro atoms. The van der Waals surface area contributed by atoms with Crippen LogP contribution in [0.2, 0.25) is 0 Å². The van der Waals surface area contributed by atoms with E-state index in [9.17, 15) is 0 Å². The van der Waals surface area contributed by atoms with Crippen LogP contribution in [0.15, 0.2) is 0 Å². The van der Waals surface area contributed by atoms with Crippen molar-refractivity contribution < 1.29 is 0 Å². The first-order valence-electron chi connectivity index (χ1n) is 6.79. The van der Waals surface area contributed by atoms with E-state index >= 15 is 0 Å². The van der Waals surface area contributed by atoms with Crippen molar-refractivity contribution in [3.8, 4) is 0 Å². The van der Waals surface area contributed by atoms with Gasteiger partial charge < -0.3 is 10.6 Å². The third-order valence-electron chi connectivity index (χ3n) is 2.81. The predicted octanol–water partition coefficient (Wildman–Crippen LogP) is 3.37. The number of nitrogens with zero attached hydrogens (tertiary/aromatic N) is 2. The molecule has 0 aromatic carbocycles. The molecule has 0 aliphatic heterocycles. The van der Waals surface area contributed by atoms with Crippen molar-refractivity contribution in [1.82, 2.24) is 9.97 Å². The fourth-order valence-corrected chi connectivity index (χ4v) is 2.11. The molecule has 4 heteroatoms. The summed E-state index contributed by atoms with van der Waals surface area (Å²) in [5.74, 6) is 3.37. The van der Waals surface area contributed by atoms with Crippen LogP contribution in [0.5, 0.6) is 0 Å². The molecule has 1 aromatic heterocycles. The highest BCUT2D eigenvalue weighted by Crippen LogP contribution is 2.21. The second kappa shape index (κ2) is 6.57. The van der Waals surface area contributed by atoms with Crippen molar-refractivity contribution in [2.75, 3.05) is 17.2 Å². The van der Waals surface area contributed by atoms with Crippen molar-refractivity contribution in [2.45, 2.75) is 54.0 Å². The molecule has 4 nitrogen and oxygen atoms in total. The summed E-state index contributed by atoms with van der Waals surface area (Å²) in [6, 6.07) is 0.424. The van der Waals surface area contributed by atoms with E-state index in [1.54, 1.807) is 0 Å². The topological polar surface area (TPSA) is 49.8 Å². The van der Waals surface area contributed by atoms with Gasteiger partial charge in [0, 0.05) is 18.2 Å². The summed E-state index contributed by atoms with van der Waals surface area (Å²) < 4.78 is 0. The average molecular weight is 250 g/mol. The Hall–Kier alpha value is -1.32. The molecule has 0 saturated heterocycles. The van der Waals surface area contributed by atoms with E-state index in [1.807, 2.05) is 6.92 Å². The zero-order valence-corrected chi connectivity index (χ0v) is 12.5. The van der Waals surface area contributed by atoms with Crippen LogP contribution in [0.1, 0.15) is 45.5 Å². The summed E-state index contributed by atoms with van der Waals surface area (Å²) >= 11 is 0. The van der Waals surface area contributed by atoms with Gasteiger partial charge in [-0.05, 0) is 40.0 Å². The number of aromatic nitrogens is 2. The summed E-state index contributed by atoms with van der Waals surface area (Å²) in [6.45, 7) is 13.6. The van der Waals surface area contributed by atoms with Crippen molar-refractivity contribution in [3.63, 3.8) is 0 Å². The Morgan fingerprint density at radius 2 is 1.67 bits per heavy atom. The standard InChI is InChI=1S/C14H26N4/c1-7-15-13-11(5)14(18-12(6)17-13)16-10(4)8-9(2)3/h9-10H,7-8H2,1-6H3,(H2,15,16,17,18). The first kappa shape index (κ1) is 14.7. The lowest BCUT2D eigenvalue weighted by Gasteiger charge is -2.19. The molecular formula is C14H26N4. The fraction of sp³-hybridized carbons (Fsp3) is 0.714. The lowest BCUT2D eigenvalue weighted by atomic mass is 10.1. The van der Waals surface area contributed by atoms with Gasteiger partial charge in [-0.2, -0.15) is 0 Å². The number of aryl methyl sites for hydroxylation is 1. The van der Waals surface area contributed by atoms with Gasteiger partial charge >= 0.3 is 0 Å². The first-order chi connectivity index (χ1) is 8.43. The minimum absolute atomic E-state index is 0.424. The summed E-state index contributed by atoms with van der Waals surface area (Å²) in [7, 11) is 0. The van der Waals surface area contributed by atoms with Crippen molar-refractivity contribution in [3.05, 3.63) is 11.4 Å². The number of hydrogen-bond acceptors (Lipinski definition) is 4. The van der Waals surface area contributed by atoms with Crippen molar-refractivity contribution in [1.29, 1.82) is 0 Å². The van der Waals surface area contributed by atoms with Gasteiger partial charge in [0.1, 0.15) is 17.5 Å². The van der Waals surface area contributed by atoms with E-state index in [-0.39, 0.29) is 0 Å². The summed E-state index contributed by atoms with van der Waals surface area (Å²) in [5, 5.41) is 6.77. The molecule has 18 heavy (non-hydrogen) atoms. The van der Waals surface area contributed by atoms with E-state index in [4.69, 9.17) is 0 Å². The predicted molar refractivity (Wildman–Crippen MR) is 78.2 cm³/mol. The van der Waals surface area contributed by atoms with Gasteiger partial charge in [0.05, 0.1) is 0 Å². The van der Waals surface area contributed by atoms with Gasteiger partial charge in [0.2, 0.25) is 0 Å². The molecule has 0 saturated carbocycles. The highest BCUT2D eigenvalue weighted by molar-refractivity contribution is 5.57.